The van der Waals surface area contributed by atoms with E-state index in [2.05, 4.69) is 0 Å². The molecule has 0 aromatic heterocycles. The van der Waals surface area contributed by atoms with Crippen molar-refractivity contribution in [3.05, 3.63) is 29.3 Å². The number of carbonyl (C=O) groups is 1. The number of halogens is 5. The highest BCUT2D eigenvalue weighted by molar-refractivity contribution is 8.00. The third-order valence-corrected chi connectivity index (χ3v) is 3.67. The molecule has 1 unspecified atom stereocenters. The average Bonchev–Trinajstić information content (AvgIpc) is 2.25. The van der Waals surface area contributed by atoms with Crippen molar-refractivity contribution in [1.82, 2.24) is 0 Å². The highest BCUT2D eigenvalue weighted by atomic mass is 35.5. The summed E-state index contributed by atoms with van der Waals surface area (Å²) in [5.41, 5.74) is -3.47. The van der Waals surface area contributed by atoms with Crippen LogP contribution in [0.4, 0.5) is 13.2 Å². The summed E-state index contributed by atoms with van der Waals surface area (Å²) in [5.74, 6) is -0.280. The van der Waals surface area contributed by atoms with Crippen molar-refractivity contribution in [2.24, 2.45) is 0 Å². The van der Waals surface area contributed by atoms with Crippen LogP contribution in [0.25, 0.3) is 0 Å². The Balaban J connectivity index is 3.07. The van der Waals surface area contributed by atoms with Gasteiger partial charge in [-0.05, 0) is 41.9 Å². The normalized spacial score (nSPS) is 13.4. The largest absolute Gasteiger partial charge is 0.446 e. The van der Waals surface area contributed by atoms with Gasteiger partial charge in [0.15, 0.2) is 5.78 Å². The van der Waals surface area contributed by atoms with E-state index in [1.807, 2.05) is 0 Å². The van der Waals surface area contributed by atoms with Gasteiger partial charge in [0, 0.05) is 10.8 Å². The topological polar surface area (TPSA) is 17.1 Å². The molecule has 100 valence electrons. The number of hydrogen-bond acceptors (Lipinski definition) is 2. The fourth-order valence-corrected chi connectivity index (χ4v) is 2.41. The number of benzene rings is 1. The van der Waals surface area contributed by atoms with Gasteiger partial charge in [0.25, 0.3) is 0 Å². The molecular weight excluding hydrogens is 308 g/mol. The second-order valence-electron chi connectivity index (χ2n) is 3.52. The Morgan fingerprint density at radius 2 is 2.06 bits per heavy atom. The molecule has 1 nitrogen and oxygen atoms in total. The van der Waals surface area contributed by atoms with Crippen molar-refractivity contribution in [2.45, 2.75) is 28.6 Å². The molecule has 0 saturated carbocycles. The van der Waals surface area contributed by atoms with Crippen molar-refractivity contribution >= 4 is 40.7 Å². The van der Waals surface area contributed by atoms with Crippen molar-refractivity contribution in [1.29, 1.82) is 0 Å². The molecule has 18 heavy (non-hydrogen) atoms. The number of thioether (sulfide) groups is 1. The third kappa shape index (κ3) is 4.37. The van der Waals surface area contributed by atoms with E-state index in [1.54, 1.807) is 0 Å². The van der Waals surface area contributed by atoms with Gasteiger partial charge in [-0.1, -0.05) is 6.07 Å². The lowest BCUT2D eigenvalue weighted by Crippen LogP contribution is -2.05. The zero-order valence-electron chi connectivity index (χ0n) is 9.22. The molecule has 0 radical (unpaired) electrons. The van der Waals surface area contributed by atoms with E-state index >= 15 is 0 Å². The van der Waals surface area contributed by atoms with Crippen LogP contribution in [0, 0.1) is 0 Å². The molecule has 0 fully saturated rings. The molecule has 1 rings (SSSR count). The summed E-state index contributed by atoms with van der Waals surface area (Å²) in [4.78, 5) is 11.2. The minimum absolute atomic E-state index is 0.00189. The SMILES string of the molecule is CC(=O)C(Cl)c1ccc(SC(F)(F)F)cc1CCl. The van der Waals surface area contributed by atoms with Gasteiger partial charge in [-0.2, -0.15) is 13.2 Å². The Bertz CT molecular complexity index is 448. The van der Waals surface area contributed by atoms with E-state index in [1.165, 1.54) is 25.1 Å². The Morgan fingerprint density at radius 3 is 2.50 bits per heavy atom. The maximum absolute atomic E-state index is 12.2. The fraction of sp³-hybridized carbons (Fsp3) is 0.364. The number of hydrogen-bond donors (Lipinski definition) is 0. The highest BCUT2D eigenvalue weighted by Gasteiger charge is 2.29. The Kier molecular flexibility index (Phi) is 5.37. The van der Waals surface area contributed by atoms with Crippen molar-refractivity contribution in [3.63, 3.8) is 0 Å². The fourth-order valence-electron chi connectivity index (χ4n) is 1.36. The molecule has 0 N–H and O–H groups in total. The maximum Gasteiger partial charge on any atom is 0.446 e. The lowest BCUT2D eigenvalue weighted by molar-refractivity contribution is -0.116. The molecule has 0 heterocycles. The second kappa shape index (κ2) is 6.17. The van der Waals surface area contributed by atoms with Crippen LogP contribution in [0.2, 0.25) is 0 Å². The van der Waals surface area contributed by atoms with Gasteiger partial charge < -0.3 is 0 Å². The summed E-state index contributed by atoms with van der Waals surface area (Å²) >= 11 is 11.3. The number of rotatable bonds is 4. The van der Waals surface area contributed by atoms with Gasteiger partial charge in [-0.3, -0.25) is 4.79 Å². The van der Waals surface area contributed by atoms with E-state index in [0.29, 0.717) is 11.1 Å². The second-order valence-corrected chi connectivity index (χ2v) is 5.36. The summed E-state index contributed by atoms with van der Waals surface area (Å²) < 4.78 is 36.6. The molecule has 0 amide bonds. The monoisotopic (exact) mass is 316 g/mol. The first-order chi connectivity index (χ1) is 8.24. The van der Waals surface area contributed by atoms with Crippen LogP contribution in [0.3, 0.4) is 0 Å². The molecule has 0 bridgehead atoms. The third-order valence-electron chi connectivity index (χ3n) is 2.12. The summed E-state index contributed by atoms with van der Waals surface area (Å²) in [7, 11) is 0. The number of alkyl halides is 5. The lowest BCUT2D eigenvalue weighted by Gasteiger charge is -2.13. The molecule has 0 aliphatic rings. The molecule has 1 atom stereocenters. The van der Waals surface area contributed by atoms with Gasteiger partial charge in [0.05, 0.1) is 0 Å². The predicted molar refractivity (Wildman–Crippen MR) is 67.2 cm³/mol. The smallest absolute Gasteiger partial charge is 0.298 e. The van der Waals surface area contributed by atoms with Crippen molar-refractivity contribution < 1.29 is 18.0 Å². The van der Waals surface area contributed by atoms with Crippen molar-refractivity contribution in [2.75, 3.05) is 0 Å². The summed E-state index contributed by atoms with van der Waals surface area (Å²) in [5, 5.41) is -0.885. The van der Waals surface area contributed by atoms with Crippen LogP contribution >= 0.6 is 35.0 Å². The zero-order valence-corrected chi connectivity index (χ0v) is 11.6. The molecule has 0 spiro atoms. The molecule has 1 aromatic rings. The molecule has 1 aromatic carbocycles. The average molecular weight is 317 g/mol. The van der Waals surface area contributed by atoms with Crippen LogP contribution in [0.1, 0.15) is 23.4 Å². The number of Topliss-reactive ketones (excluding diaryl/α,β-unsaturated/α-hetero) is 1. The van der Waals surface area contributed by atoms with Crippen LogP contribution in [0.15, 0.2) is 23.1 Å². The lowest BCUT2D eigenvalue weighted by atomic mass is 10.0. The summed E-state index contributed by atoms with van der Waals surface area (Å²) in [6.45, 7) is 1.31. The molecule has 0 aliphatic carbocycles. The standard InChI is InChI=1S/C11H9Cl2F3OS/c1-6(17)10(13)9-3-2-8(4-7(9)5-12)18-11(14,15)16/h2-4,10H,5H2,1H3. The van der Waals surface area contributed by atoms with Gasteiger partial charge in [0.2, 0.25) is 0 Å². The number of carbonyl (C=O) groups excluding carboxylic acids is 1. The van der Waals surface area contributed by atoms with Crippen LogP contribution in [0.5, 0.6) is 0 Å². The van der Waals surface area contributed by atoms with E-state index < -0.39 is 10.9 Å². The predicted octanol–water partition coefficient (Wildman–Crippen LogP) is 4.91. The molecule has 7 heteroatoms. The number of ketones is 1. The van der Waals surface area contributed by atoms with E-state index in [-0.39, 0.29) is 28.3 Å². The van der Waals surface area contributed by atoms with Crippen LogP contribution < -0.4 is 0 Å². The van der Waals surface area contributed by atoms with Crippen LogP contribution in [-0.4, -0.2) is 11.3 Å². The van der Waals surface area contributed by atoms with Crippen LogP contribution in [-0.2, 0) is 10.7 Å². The van der Waals surface area contributed by atoms with E-state index in [0.717, 1.165) is 0 Å². The molecule has 0 aliphatic heterocycles. The minimum atomic E-state index is -4.36. The van der Waals surface area contributed by atoms with E-state index in [4.69, 9.17) is 23.2 Å². The first-order valence-corrected chi connectivity index (χ1v) is 6.62. The molecular formula is C11H9Cl2F3OS. The highest BCUT2D eigenvalue weighted by Crippen LogP contribution is 2.38. The Morgan fingerprint density at radius 1 is 1.44 bits per heavy atom. The van der Waals surface area contributed by atoms with E-state index in [9.17, 15) is 18.0 Å². The Hall–Kier alpha value is -0.390. The Labute approximate surface area is 117 Å². The first-order valence-electron chi connectivity index (χ1n) is 4.83. The van der Waals surface area contributed by atoms with Gasteiger partial charge in [-0.25, -0.2) is 0 Å². The molecule has 0 saturated heterocycles. The van der Waals surface area contributed by atoms with Gasteiger partial charge in [-0.15, -0.1) is 23.2 Å². The zero-order chi connectivity index (χ0) is 13.9. The quantitative estimate of drug-likeness (QED) is 0.580. The maximum atomic E-state index is 12.2. The van der Waals surface area contributed by atoms with Crippen molar-refractivity contribution in [3.8, 4) is 0 Å². The van der Waals surface area contributed by atoms with Gasteiger partial charge in [0.1, 0.15) is 5.38 Å². The minimum Gasteiger partial charge on any atom is -0.298 e. The first kappa shape index (κ1) is 15.7. The summed E-state index contributed by atoms with van der Waals surface area (Å²) in [6, 6.07) is 3.99. The summed E-state index contributed by atoms with van der Waals surface area (Å²) in [6.07, 6.45) is 0. The van der Waals surface area contributed by atoms with Gasteiger partial charge >= 0.3 is 5.51 Å².